The summed E-state index contributed by atoms with van der Waals surface area (Å²) in [6, 6.07) is 9.47. The standard InChI is InChI=1S/C19H19ClN2O2/c1-11-6-12(2)8-14(7-11)9-16-13(3)18(23)22(19(16)24)17-5-4-15(20)10-21-17/h4-8,10,13,16H,9H2,1-3H3/t13-,16-/m0/s1. The van der Waals surface area contributed by atoms with Crippen molar-refractivity contribution in [3.05, 3.63) is 58.2 Å². The van der Waals surface area contributed by atoms with Crippen molar-refractivity contribution in [2.24, 2.45) is 11.8 Å². The number of aromatic nitrogens is 1. The molecule has 2 aromatic rings. The van der Waals surface area contributed by atoms with E-state index in [1.54, 1.807) is 12.1 Å². The van der Waals surface area contributed by atoms with Crippen LogP contribution < -0.4 is 4.90 Å². The summed E-state index contributed by atoms with van der Waals surface area (Å²) in [5.74, 6) is -0.790. The fourth-order valence-electron chi connectivity index (χ4n) is 3.29. The monoisotopic (exact) mass is 342 g/mol. The summed E-state index contributed by atoms with van der Waals surface area (Å²) in [4.78, 5) is 30.7. The number of aryl methyl sites for hydroxylation is 2. The molecule has 1 saturated heterocycles. The lowest BCUT2D eigenvalue weighted by atomic mass is 9.89. The van der Waals surface area contributed by atoms with Crippen LogP contribution in [0.2, 0.25) is 5.02 Å². The summed E-state index contributed by atoms with van der Waals surface area (Å²) in [7, 11) is 0. The Bertz CT molecular complexity index is 781. The van der Waals surface area contributed by atoms with E-state index in [0.717, 1.165) is 16.7 Å². The van der Waals surface area contributed by atoms with Crippen molar-refractivity contribution in [2.75, 3.05) is 4.90 Å². The van der Waals surface area contributed by atoms with Crippen LogP contribution in [0.1, 0.15) is 23.6 Å². The molecule has 0 spiro atoms. The molecule has 124 valence electrons. The van der Waals surface area contributed by atoms with E-state index >= 15 is 0 Å². The second kappa shape index (κ2) is 6.36. The Morgan fingerprint density at radius 1 is 1.08 bits per heavy atom. The predicted octanol–water partition coefficient (Wildman–Crippen LogP) is 3.72. The number of benzene rings is 1. The van der Waals surface area contributed by atoms with Crippen molar-refractivity contribution in [1.82, 2.24) is 4.98 Å². The van der Waals surface area contributed by atoms with E-state index in [4.69, 9.17) is 11.6 Å². The van der Waals surface area contributed by atoms with Gasteiger partial charge >= 0.3 is 0 Å². The minimum Gasteiger partial charge on any atom is -0.274 e. The number of hydrogen-bond donors (Lipinski definition) is 0. The van der Waals surface area contributed by atoms with E-state index in [1.807, 2.05) is 20.8 Å². The van der Waals surface area contributed by atoms with Gasteiger partial charge in [0.15, 0.2) is 0 Å². The highest BCUT2D eigenvalue weighted by Crippen LogP contribution is 2.32. The van der Waals surface area contributed by atoms with Gasteiger partial charge in [-0.1, -0.05) is 47.9 Å². The molecule has 24 heavy (non-hydrogen) atoms. The second-order valence-corrected chi connectivity index (χ2v) is 6.88. The van der Waals surface area contributed by atoms with Gasteiger partial charge in [0, 0.05) is 12.1 Å². The van der Waals surface area contributed by atoms with Gasteiger partial charge in [-0.2, -0.15) is 0 Å². The Morgan fingerprint density at radius 3 is 2.33 bits per heavy atom. The Hall–Kier alpha value is -2.20. The maximum atomic E-state index is 12.8. The number of amides is 2. The zero-order valence-electron chi connectivity index (χ0n) is 13.9. The molecule has 0 saturated carbocycles. The number of rotatable bonds is 3. The molecule has 3 rings (SSSR count). The van der Waals surface area contributed by atoms with Crippen molar-refractivity contribution in [3.8, 4) is 0 Å². The van der Waals surface area contributed by atoms with Gasteiger partial charge < -0.3 is 0 Å². The lowest BCUT2D eigenvalue weighted by molar-refractivity contribution is -0.122. The molecule has 4 nitrogen and oxygen atoms in total. The smallest absolute Gasteiger partial charge is 0.239 e. The topological polar surface area (TPSA) is 50.3 Å². The number of hydrogen-bond acceptors (Lipinski definition) is 3. The first kappa shape index (κ1) is 16.7. The molecule has 0 radical (unpaired) electrons. The third-order valence-electron chi connectivity index (χ3n) is 4.43. The second-order valence-electron chi connectivity index (χ2n) is 6.44. The highest BCUT2D eigenvalue weighted by molar-refractivity contribution is 6.30. The lowest BCUT2D eigenvalue weighted by Gasteiger charge is -2.14. The van der Waals surface area contributed by atoms with Gasteiger partial charge in [-0.3, -0.25) is 9.59 Å². The zero-order valence-corrected chi connectivity index (χ0v) is 14.7. The summed E-state index contributed by atoms with van der Waals surface area (Å²) in [6.07, 6.45) is 2.00. The molecule has 2 atom stereocenters. The molecule has 5 heteroatoms. The fraction of sp³-hybridized carbons (Fsp3) is 0.316. The summed E-state index contributed by atoms with van der Waals surface area (Å²) >= 11 is 5.83. The minimum absolute atomic E-state index is 0.193. The van der Waals surface area contributed by atoms with Crippen LogP contribution in [-0.2, 0) is 16.0 Å². The number of halogens is 1. The molecule has 0 unspecified atom stereocenters. The van der Waals surface area contributed by atoms with Gasteiger partial charge in [-0.15, -0.1) is 0 Å². The van der Waals surface area contributed by atoms with Gasteiger partial charge in [0.05, 0.1) is 10.9 Å². The van der Waals surface area contributed by atoms with Crippen LogP contribution in [-0.4, -0.2) is 16.8 Å². The van der Waals surface area contributed by atoms with Crippen LogP contribution in [0.5, 0.6) is 0 Å². The van der Waals surface area contributed by atoms with Gasteiger partial charge in [-0.05, 0) is 38.0 Å². The van der Waals surface area contributed by atoms with E-state index in [-0.39, 0.29) is 23.7 Å². The van der Waals surface area contributed by atoms with Gasteiger partial charge in [0.25, 0.3) is 0 Å². The Morgan fingerprint density at radius 2 is 1.75 bits per heavy atom. The number of anilines is 1. The quantitative estimate of drug-likeness (QED) is 0.799. The Labute approximate surface area is 146 Å². The first-order valence-electron chi connectivity index (χ1n) is 7.93. The number of carbonyl (C=O) groups excluding carboxylic acids is 2. The first-order valence-corrected chi connectivity index (χ1v) is 8.31. The third-order valence-corrected chi connectivity index (χ3v) is 4.65. The number of nitrogens with zero attached hydrogens (tertiary/aromatic N) is 2. The van der Waals surface area contributed by atoms with Crippen molar-refractivity contribution in [2.45, 2.75) is 27.2 Å². The fourth-order valence-corrected chi connectivity index (χ4v) is 3.41. The molecule has 1 aromatic carbocycles. The van der Waals surface area contributed by atoms with Crippen molar-refractivity contribution < 1.29 is 9.59 Å². The summed E-state index contributed by atoms with van der Waals surface area (Å²) in [6.45, 7) is 5.88. The molecular weight excluding hydrogens is 324 g/mol. The largest absolute Gasteiger partial charge is 0.274 e. The third kappa shape index (κ3) is 3.06. The van der Waals surface area contributed by atoms with E-state index in [9.17, 15) is 9.59 Å². The minimum atomic E-state index is -0.365. The molecular formula is C19H19ClN2O2. The highest BCUT2D eigenvalue weighted by Gasteiger charge is 2.46. The molecule has 1 fully saturated rings. The van der Waals surface area contributed by atoms with Crippen LogP contribution in [0.15, 0.2) is 36.5 Å². The Balaban J connectivity index is 1.88. The number of carbonyl (C=O) groups is 2. The van der Waals surface area contributed by atoms with Crippen molar-refractivity contribution in [1.29, 1.82) is 0 Å². The number of imide groups is 1. The molecule has 0 aliphatic carbocycles. The van der Waals surface area contributed by atoms with Crippen LogP contribution in [0.25, 0.3) is 0 Å². The normalized spacial score (nSPS) is 20.8. The van der Waals surface area contributed by atoms with E-state index in [2.05, 4.69) is 23.2 Å². The molecule has 2 amide bonds. The maximum absolute atomic E-state index is 12.8. The molecule has 1 aliphatic heterocycles. The first-order chi connectivity index (χ1) is 11.4. The van der Waals surface area contributed by atoms with Crippen LogP contribution in [0, 0.1) is 25.7 Å². The lowest BCUT2D eigenvalue weighted by Crippen LogP contribution is -2.31. The molecule has 1 aliphatic rings. The van der Waals surface area contributed by atoms with Crippen LogP contribution >= 0.6 is 11.6 Å². The summed E-state index contributed by atoms with van der Waals surface area (Å²) in [5, 5.41) is 0.470. The molecule has 0 bridgehead atoms. The van der Waals surface area contributed by atoms with E-state index in [0.29, 0.717) is 17.3 Å². The Kier molecular flexibility index (Phi) is 4.41. The average Bonchev–Trinajstić information content (AvgIpc) is 2.71. The van der Waals surface area contributed by atoms with Gasteiger partial charge in [0.2, 0.25) is 11.8 Å². The maximum Gasteiger partial charge on any atom is 0.239 e. The van der Waals surface area contributed by atoms with Gasteiger partial charge in [-0.25, -0.2) is 9.88 Å². The predicted molar refractivity (Wildman–Crippen MR) is 94.0 cm³/mol. The highest BCUT2D eigenvalue weighted by atomic mass is 35.5. The SMILES string of the molecule is Cc1cc(C)cc(C[C@@H]2C(=O)N(c3ccc(Cl)cn3)C(=O)[C@H]2C)c1. The summed E-state index contributed by atoms with van der Waals surface area (Å²) < 4.78 is 0. The van der Waals surface area contributed by atoms with Gasteiger partial charge in [0.1, 0.15) is 5.82 Å². The molecule has 1 aromatic heterocycles. The van der Waals surface area contributed by atoms with E-state index < -0.39 is 0 Å². The molecule has 0 N–H and O–H groups in total. The van der Waals surface area contributed by atoms with Crippen LogP contribution in [0.4, 0.5) is 5.82 Å². The molecule has 2 heterocycles. The van der Waals surface area contributed by atoms with Crippen molar-refractivity contribution >= 4 is 29.2 Å². The number of pyridine rings is 1. The van der Waals surface area contributed by atoms with E-state index in [1.165, 1.54) is 11.1 Å². The van der Waals surface area contributed by atoms with Crippen LogP contribution in [0.3, 0.4) is 0 Å². The summed E-state index contributed by atoms with van der Waals surface area (Å²) in [5.41, 5.74) is 3.40. The zero-order chi connectivity index (χ0) is 17.4. The average molecular weight is 343 g/mol. The van der Waals surface area contributed by atoms with Crippen molar-refractivity contribution in [3.63, 3.8) is 0 Å².